The minimum Gasteiger partial charge on any atom is -0.870 e. The van der Waals surface area contributed by atoms with Crippen LogP contribution in [0.5, 0.6) is 5.75 Å². The Kier molecular flexibility index (Phi) is 28.5. The Morgan fingerprint density at radius 1 is 0.624 bits per heavy atom. The number of nitriles is 1. The van der Waals surface area contributed by atoms with E-state index in [1.54, 1.807) is 0 Å². The number of rotatable bonds is 17. The number of hydrogen-bond acceptors (Lipinski definition) is 31. The largest absolute Gasteiger partial charge is 1.00 e. The summed E-state index contributed by atoms with van der Waals surface area (Å²) in [5.41, 5.74) is -1.09. The topological polar surface area (TPSA) is 584 Å². The van der Waals surface area contributed by atoms with Gasteiger partial charge in [-0.15, -0.1) is 25.4 Å². The number of sulfone groups is 1. The normalized spacial score (nSPS) is 12.8. The average molecular weight is 1370 g/mol. The Morgan fingerprint density at radius 2 is 1.12 bits per heavy atom. The molecule has 48 heteroatoms. The van der Waals surface area contributed by atoms with Crippen LogP contribution in [0.4, 0.5) is 51.4 Å². The molecule has 2 aromatic heterocycles. The molecule has 0 aliphatic rings. The maximum atomic E-state index is 14.2. The predicted molar refractivity (Wildman–Crippen MR) is 261 cm³/mol. The minimum atomic E-state index is -5.87. The molecule has 35 nitrogen and oxygen atoms in total. The third-order valence-electron chi connectivity index (χ3n) is 9.75. The molecule has 0 saturated carbocycles. The number of nitrogens with zero attached hydrogens (tertiary/aromatic N) is 11. The zero-order chi connectivity index (χ0) is 58.9. The van der Waals surface area contributed by atoms with Crippen LogP contribution in [0.25, 0.3) is 10.8 Å². The van der Waals surface area contributed by atoms with Crippen molar-refractivity contribution in [3.63, 3.8) is 0 Å². The summed E-state index contributed by atoms with van der Waals surface area (Å²) < 4.78 is 209. The predicted octanol–water partition coefficient (Wildman–Crippen LogP) is -13.4. The van der Waals surface area contributed by atoms with Crippen molar-refractivity contribution in [2.24, 2.45) is 35.4 Å². The van der Waals surface area contributed by atoms with E-state index in [1.165, 1.54) is 18.3 Å². The van der Waals surface area contributed by atoms with Gasteiger partial charge in [0, 0.05) is 11.1 Å². The number of nitrogens with two attached hydrogens (primary N) is 1. The number of aromatic amines is 3. The van der Waals surface area contributed by atoms with Gasteiger partial charge >= 0.3 is 158 Å². The van der Waals surface area contributed by atoms with Crippen LogP contribution in [0.15, 0.2) is 133 Å². The Morgan fingerprint density at radius 3 is 1.62 bits per heavy atom. The summed E-state index contributed by atoms with van der Waals surface area (Å²) in [6.07, 6.45) is 1.43. The standard InChI is InChI=1S/C37H28Cl2N16O19S6.5Na/c38-32-46-34(42-15-40)50-36(47-32)44-18-3-8-24(77(62,63)64)22(14-18)53-55-30-26(79(68,69)70)12-16-11-25(78(65,66)67)29(28(41)27(16)31(30)56)54-52-21-13-19(4-7-23(21)76(59,60)61)45-37-49-33(39)48-35(51-37)43-17-1-5-20(6-2-17)75(57,58)10-9-74-80(71,72)73;;;;;/h1-8,11-14,56H,9-10,41H2,(H,59,60,61)(H,62,63,64)(H,65,66,67)(H,68,69,70)(H,71,72,73)(H2,42,44,46,47,50)(H2,43,45,48,49,51);;;;;/q;5*+1/p-5. The molecular weight excluding hydrogens is 1350 g/mol. The summed E-state index contributed by atoms with van der Waals surface area (Å²) in [5, 5.41) is 37.4. The molecule has 0 saturated heterocycles. The van der Waals surface area contributed by atoms with Crippen molar-refractivity contribution in [1.82, 2.24) is 29.9 Å². The van der Waals surface area contributed by atoms with Crippen LogP contribution < -0.4 is 181 Å². The van der Waals surface area contributed by atoms with Gasteiger partial charge in [-0.25, -0.2) is 56.3 Å². The van der Waals surface area contributed by atoms with E-state index in [2.05, 4.69) is 74.8 Å². The Balaban J connectivity index is 0.00000493. The molecule has 0 amide bonds. The van der Waals surface area contributed by atoms with Crippen LogP contribution in [0.1, 0.15) is 0 Å². The first kappa shape index (κ1) is 78.0. The summed E-state index contributed by atoms with van der Waals surface area (Å²) >= 11 is 12.0. The van der Waals surface area contributed by atoms with E-state index in [4.69, 9.17) is 38.8 Å². The molecule has 0 fully saturated rings. The number of halogens is 2. The maximum absolute atomic E-state index is 14.2. The van der Waals surface area contributed by atoms with E-state index in [0.717, 1.165) is 36.4 Å². The molecule has 0 unspecified atom stereocenters. The quantitative estimate of drug-likeness (QED) is 0.0162. The molecule has 2 heterocycles. The second-order valence-electron chi connectivity index (χ2n) is 15.1. The molecule has 5 aromatic carbocycles. The van der Waals surface area contributed by atoms with E-state index < -0.39 is 149 Å². The number of benzene rings is 5. The first-order valence-corrected chi connectivity index (χ1v) is 29.8. The van der Waals surface area contributed by atoms with Gasteiger partial charge in [0.05, 0.1) is 59.6 Å². The fraction of sp³-hybridized carbons (Fsp3) is 0.0541. The number of hydrogen-bond donors (Lipinski definition) is 6. The number of anilines is 3. The van der Waals surface area contributed by atoms with Gasteiger partial charge in [0.1, 0.15) is 57.5 Å². The third-order valence-corrected chi connectivity index (χ3v) is 15.7. The van der Waals surface area contributed by atoms with Gasteiger partial charge in [-0.2, -0.15) is 28.6 Å². The van der Waals surface area contributed by atoms with Crippen molar-refractivity contribution in [1.29, 1.82) is 5.26 Å². The zero-order valence-corrected chi connectivity index (χ0v) is 59.8. The maximum Gasteiger partial charge on any atom is 1.00 e. The molecule has 7 rings (SSSR count). The monoisotopic (exact) mass is 1370 g/mol. The van der Waals surface area contributed by atoms with Crippen LogP contribution in [-0.2, 0) is 64.9 Å². The second-order valence-corrected chi connectivity index (χ2v) is 24.4. The van der Waals surface area contributed by atoms with Gasteiger partial charge in [0.2, 0.25) is 39.6 Å². The molecule has 7 aromatic rings. The van der Waals surface area contributed by atoms with Gasteiger partial charge in [0.25, 0.3) is 0 Å². The smallest absolute Gasteiger partial charge is 0.870 e. The summed E-state index contributed by atoms with van der Waals surface area (Å²) in [4.78, 5) is 24.9. The van der Waals surface area contributed by atoms with E-state index in [1.807, 2.05) is 0 Å². The molecule has 7 N–H and O–H groups in total. The molecule has 0 atom stereocenters. The zero-order valence-electron chi connectivity index (χ0n) is 43.3. The summed E-state index contributed by atoms with van der Waals surface area (Å²) in [5.74, 6) is -2.84. The van der Waals surface area contributed by atoms with Crippen molar-refractivity contribution in [3.8, 4) is 11.9 Å². The Bertz CT molecular complexity index is 4810. The Hall–Kier alpha value is -3.09. The number of nitrogen functional groups attached to an aromatic ring is 1. The SMILES string of the molecule is N#CN=c1nc(Cl)[nH]c(=Nc2ccc(S(=O)(=O)[O-])c(N=Nc3c(S(=O)(=O)[O-])cc4cc(S(=O)(=O)[O-])c(N=Nc5cc(N=c6nc(Nc7ccc(S(=O)(=O)CCOS(=O)(=O)O)cc7)nc(Cl)[nH]6)ccc5S(=O)(=O)[O-])c(N)c4c3[O-])c2)[nH]1.[Na+].[Na+].[Na+].[Na+].[Na+]. The van der Waals surface area contributed by atoms with E-state index in [0.29, 0.717) is 24.3 Å². The number of azo groups is 2. The minimum absolute atomic E-state index is 0. The van der Waals surface area contributed by atoms with E-state index in [9.17, 15) is 73.8 Å². The molecule has 0 radical (unpaired) electrons. The third kappa shape index (κ3) is 20.7. The van der Waals surface area contributed by atoms with Crippen molar-refractivity contribution in [2.45, 2.75) is 24.5 Å². The van der Waals surface area contributed by atoms with Crippen molar-refractivity contribution in [2.75, 3.05) is 23.4 Å². The van der Waals surface area contributed by atoms with Crippen LogP contribution >= 0.6 is 23.2 Å². The molecule has 85 heavy (non-hydrogen) atoms. The summed E-state index contributed by atoms with van der Waals surface area (Å²) in [6.45, 7) is -0.892. The first-order valence-electron chi connectivity index (χ1n) is 20.4. The molecule has 420 valence electrons. The van der Waals surface area contributed by atoms with E-state index in [-0.39, 0.29) is 192 Å². The van der Waals surface area contributed by atoms with Gasteiger partial charge < -0.3 is 39.4 Å². The van der Waals surface area contributed by atoms with Gasteiger partial charge in [-0.1, -0.05) is 5.75 Å². The number of fused-ring (bicyclic) bond motifs is 1. The van der Waals surface area contributed by atoms with Gasteiger partial charge in [-0.3, -0.25) is 14.5 Å². The summed E-state index contributed by atoms with van der Waals surface area (Å²) in [7, 11) is -31.7. The van der Waals surface area contributed by atoms with Crippen molar-refractivity contribution >= 4 is 146 Å². The van der Waals surface area contributed by atoms with Gasteiger partial charge in [-0.05, 0) is 101 Å². The summed E-state index contributed by atoms with van der Waals surface area (Å²) in [6, 6.07) is 10.0. The van der Waals surface area contributed by atoms with Crippen molar-refractivity contribution in [3.05, 3.63) is 100 Å². The van der Waals surface area contributed by atoms with Crippen LogP contribution in [0, 0.1) is 11.5 Å². The van der Waals surface area contributed by atoms with E-state index >= 15 is 0 Å². The first-order chi connectivity index (χ1) is 37.1. The molecule has 0 spiro atoms. The van der Waals surface area contributed by atoms with Gasteiger partial charge in [0.15, 0.2) is 9.84 Å². The number of H-pyrrole nitrogens is 3. The molecule has 0 aliphatic heterocycles. The Labute approximate surface area is 598 Å². The fourth-order valence-corrected chi connectivity index (χ4v) is 10.8. The number of aromatic nitrogens is 6. The van der Waals surface area contributed by atoms with Crippen LogP contribution in [-0.4, -0.2) is 116 Å². The molecule has 0 bridgehead atoms. The second kappa shape index (κ2) is 31.1. The fourth-order valence-electron chi connectivity index (χ4n) is 6.52. The molecule has 0 aliphatic carbocycles. The van der Waals surface area contributed by atoms with Crippen LogP contribution in [0.2, 0.25) is 10.6 Å². The van der Waals surface area contributed by atoms with Crippen molar-refractivity contribution < 1.29 is 230 Å². The average Bonchev–Trinajstić information content (AvgIpc) is 3.42. The molecular formula is C37H23Cl2N16Na5O19S6. The van der Waals surface area contributed by atoms with Crippen LogP contribution in [0.3, 0.4) is 0 Å². The number of nitrogens with one attached hydrogen (secondary N) is 4.